The normalized spacial score (nSPS) is 16.3. The molecule has 1 aliphatic carbocycles. The third kappa shape index (κ3) is 3.94. The average molecular weight is 263 g/mol. The third-order valence-electron chi connectivity index (χ3n) is 3.66. The number of ether oxygens (including phenoxy) is 1. The third-order valence-corrected chi connectivity index (χ3v) is 3.66. The zero-order chi connectivity index (χ0) is 13.7. The monoisotopic (exact) mass is 263 g/mol. The Hall–Kier alpha value is -1.58. The minimum atomic E-state index is -0.931. The molecule has 1 saturated carbocycles. The van der Waals surface area contributed by atoms with Gasteiger partial charge in [-0.1, -0.05) is 26.2 Å². The smallest absolute Gasteiger partial charge is 0.335 e. The van der Waals surface area contributed by atoms with Crippen molar-refractivity contribution in [3.8, 4) is 5.88 Å². The first-order valence-electron chi connectivity index (χ1n) is 7.06. The molecule has 1 aliphatic rings. The van der Waals surface area contributed by atoms with Crippen molar-refractivity contribution in [1.82, 2.24) is 4.98 Å². The van der Waals surface area contributed by atoms with Gasteiger partial charge >= 0.3 is 5.97 Å². The Bertz CT molecular complexity index is 439. The summed E-state index contributed by atoms with van der Waals surface area (Å²) in [5.41, 5.74) is 1.02. The van der Waals surface area contributed by atoms with E-state index in [9.17, 15) is 4.79 Å². The van der Waals surface area contributed by atoms with E-state index in [1.165, 1.54) is 38.2 Å². The molecule has 1 fully saturated rings. The summed E-state index contributed by atoms with van der Waals surface area (Å²) in [6.45, 7) is 2.61. The number of carboxylic acids is 1. The van der Waals surface area contributed by atoms with Crippen LogP contribution in [0.25, 0.3) is 0 Å². The quantitative estimate of drug-likeness (QED) is 0.885. The predicted octanol–water partition coefficient (Wildman–Crippen LogP) is 3.30. The van der Waals surface area contributed by atoms with Crippen molar-refractivity contribution in [2.75, 3.05) is 6.61 Å². The van der Waals surface area contributed by atoms with Gasteiger partial charge in [-0.2, -0.15) is 0 Å². The van der Waals surface area contributed by atoms with Crippen molar-refractivity contribution in [3.63, 3.8) is 0 Å². The van der Waals surface area contributed by atoms with Crippen LogP contribution in [-0.4, -0.2) is 22.7 Å². The molecular weight excluding hydrogens is 242 g/mol. The van der Waals surface area contributed by atoms with Crippen molar-refractivity contribution in [3.05, 3.63) is 23.4 Å². The zero-order valence-corrected chi connectivity index (χ0v) is 11.4. The molecular formula is C15H21NO3. The lowest BCUT2D eigenvalue weighted by Crippen LogP contribution is -2.16. The highest BCUT2D eigenvalue weighted by molar-refractivity contribution is 5.88. The van der Waals surface area contributed by atoms with Gasteiger partial charge < -0.3 is 9.84 Å². The van der Waals surface area contributed by atoms with E-state index in [-0.39, 0.29) is 5.56 Å². The highest BCUT2D eigenvalue weighted by Gasteiger charge is 2.15. The Morgan fingerprint density at radius 3 is 2.74 bits per heavy atom. The number of aryl methyl sites for hydroxylation is 1. The molecule has 2 rings (SSSR count). The van der Waals surface area contributed by atoms with Crippen LogP contribution < -0.4 is 4.74 Å². The molecule has 0 unspecified atom stereocenters. The fraction of sp³-hybridized carbons (Fsp3) is 0.600. The molecule has 1 N–H and O–H groups in total. The predicted molar refractivity (Wildman–Crippen MR) is 72.6 cm³/mol. The first-order valence-corrected chi connectivity index (χ1v) is 7.06. The van der Waals surface area contributed by atoms with E-state index < -0.39 is 5.97 Å². The van der Waals surface area contributed by atoms with Gasteiger partial charge in [0.1, 0.15) is 0 Å². The first kappa shape index (κ1) is 13.8. The Balaban J connectivity index is 2.02. The summed E-state index contributed by atoms with van der Waals surface area (Å²) in [4.78, 5) is 15.4. The molecule has 1 heterocycles. The largest absolute Gasteiger partial charge is 0.478 e. The van der Waals surface area contributed by atoms with Crippen LogP contribution in [0, 0.1) is 5.92 Å². The van der Waals surface area contributed by atoms with Gasteiger partial charge in [0.05, 0.1) is 12.2 Å². The van der Waals surface area contributed by atoms with Crippen molar-refractivity contribution in [1.29, 1.82) is 0 Å². The molecule has 0 amide bonds. The van der Waals surface area contributed by atoms with Gasteiger partial charge in [0.25, 0.3) is 0 Å². The lowest BCUT2D eigenvalue weighted by Gasteiger charge is -2.21. The summed E-state index contributed by atoms with van der Waals surface area (Å²) in [5, 5.41) is 9.06. The van der Waals surface area contributed by atoms with Gasteiger partial charge in [-0.3, -0.25) is 0 Å². The second-order valence-electron chi connectivity index (χ2n) is 5.16. The standard InChI is InChI=1S/C15H21NO3/c1-2-13-8-12(15(17)18)9-14(16-13)19-10-11-6-4-3-5-7-11/h8-9,11H,2-7,10H2,1H3,(H,17,18). The summed E-state index contributed by atoms with van der Waals surface area (Å²) in [7, 11) is 0. The Labute approximate surface area is 113 Å². The first-order chi connectivity index (χ1) is 9.19. The molecule has 0 spiro atoms. The molecule has 0 atom stereocenters. The Morgan fingerprint density at radius 1 is 1.37 bits per heavy atom. The number of aromatic nitrogens is 1. The maximum absolute atomic E-state index is 11.0. The highest BCUT2D eigenvalue weighted by atomic mass is 16.5. The van der Waals surface area contributed by atoms with Gasteiger partial charge in [0, 0.05) is 11.8 Å². The van der Waals surface area contributed by atoms with Gasteiger partial charge in [-0.15, -0.1) is 0 Å². The van der Waals surface area contributed by atoms with Crippen LogP contribution in [0.4, 0.5) is 0 Å². The molecule has 1 aromatic rings. The van der Waals surface area contributed by atoms with Crippen LogP contribution in [-0.2, 0) is 6.42 Å². The molecule has 0 bridgehead atoms. The van der Waals surface area contributed by atoms with Crippen LogP contribution in [0.3, 0.4) is 0 Å². The summed E-state index contributed by atoms with van der Waals surface area (Å²) in [5.74, 6) is 0.107. The average Bonchev–Trinajstić information content (AvgIpc) is 2.45. The minimum absolute atomic E-state index is 0.255. The topological polar surface area (TPSA) is 59.4 Å². The lowest BCUT2D eigenvalue weighted by atomic mass is 9.90. The fourth-order valence-corrected chi connectivity index (χ4v) is 2.50. The number of pyridine rings is 1. The summed E-state index contributed by atoms with van der Waals surface area (Å²) < 4.78 is 5.70. The van der Waals surface area contributed by atoms with Crippen molar-refractivity contribution >= 4 is 5.97 Å². The lowest BCUT2D eigenvalue weighted by molar-refractivity contribution is 0.0695. The number of aromatic carboxylic acids is 1. The minimum Gasteiger partial charge on any atom is -0.478 e. The summed E-state index contributed by atoms with van der Waals surface area (Å²) in [6, 6.07) is 3.13. The van der Waals surface area contributed by atoms with Gasteiger partial charge in [0.2, 0.25) is 5.88 Å². The number of carboxylic acid groups (broad SMARTS) is 1. The van der Waals surface area contributed by atoms with Crippen LogP contribution >= 0.6 is 0 Å². The van der Waals surface area contributed by atoms with E-state index in [4.69, 9.17) is 9.84 Å². The van der Waals surface area contributed by atoms with Crippen LogP contribution in [0.1, 0.15) is 55.1 Å². The van der Waals surface area contributed by atoms with Gasteiger partial charge in [0.15, 0.2) is 0 Å². The second-order valence-corrected chi connectivity index (χ2v) is 5.16. The molecule has 1 aromatic heterocycles. The Morgan fingerprint density at radius 2 is 2.11 bits per heavy atom. The zero-order valence-electron chi connectivity index (χ0n) is 11.4. The highest BCUT2D eigenvalue weighted by Crippen LogP contribution is 2.24. The van der Waals surface area contributed by atoms with Crippen molar-refractivity contribution in [2.24, 2.45) is 5.92 Å². The van der Waals surface area contributed by atoms with Gasteiger partial charge in [-0.05, 0) is 31.2 Å². The maximum atomic E-state index is 11.0. The molecule has 19 heavy (non-hydrogen) atoms. The van der Waals surface area contributed by atoms with Crippen LogP contribution in [0.2, 0.25) is 0 Å². The van der Waals surface area contributed by atoms with Crippen molar-refractivity contribution in [2.45, 2.75) is 45.4 Å². The molecule has 0 saturated heterocycles. The maximum Gasteiger partial charge on any atom is 0.335 e. The summed E-state index contributed by atoms with van der Waals surface area (Å²) in [6.07, 6.45) is 7.00. The number of nitrogens with zero attached hydrogens (tertiary/aromatic N) is 1. The number of hydrogen-bond acceptors (Lipinski definition) is 3. The second kappa shape index (κ2) is 6.55. The molecule has 104 valence electrons. The van der Waals surface area contributed by atoms with E-state index in [1.807, 2.05) is 6.92 Å². The Kier molecular flexibility index (Phi) is 4.77. The van der Waals surface area contributed by atoms with Crippen LogP contribution in [0.5, 0.6) is 5.88 Å². The molecule has 0 aromatic carbocycles. The van der Waals surface area contributed by atoms with Gasteiger partial charge in [-0.25, -0.2) is 9.78 Å². The molecule has 4 nitrogen and oxygen atoms in total. The molecule has 0 radical (unpaired) electrons. The number of hydrogen-bond donors (Lipinski definition) is 1. The van der Waals surface area contributed by atoms with E-state index in [2.05, 4.69) is 4.98 Å². The van der Waals surface area contributed by atoms with Crippen LogP contribution in [0.15, 0.2) is 12.1 Å². The number of rotatable bonds is 5. The van der Waals surface area contributed by atoms with E-state index in [1.54, 1.807) is 6.07 Å². The molecule has 4 heteroatoms. The number of carbonyl (C=O) groups is 1. The van der Waals surface area contributed by atoms with E-state index in [0.29, 0.717) is 24.8 Å². The SMILES string of the molecule is CCc1cc(C(=O)O)cc(OCC2CCCCC2)n1. The fourth-order valence-electron chi connectivity index (χ4n) is 2.50. The summed E-state index contributed by atoms with van der Waals surface area (Å²) >= 11 is 0. The van der Waals surface area contributed by atoms with Crippen molar-refractivity contribution < 1.29 is 14.6 Å². The molecule has 0 aliphatic heterocycles. The van der Waals surface area contributed by atoms with E-state index in [0.717, 1.165) is 5.69 Å². The van der Waals surface area contributed by atoms with E-state index >= 15 is 0 Å².